The van der Waals surface area contributed by atoms with Crippen molar-refractivity contribution in [1.29, 1.82) is 0 Å². The van der Waals surface area contributed by atoms with Gasteiger partial charge < -0.3 is 14.8 Å². The fraction of sp³-hybridized carbons (Fsp3) is 0.0870. The number of nitrogens with one attached hydrogen (secondary N) is 1. The molecule has 0 aliphatic rings. The van der Waals surface area contributed by atoms with Crippen molar-refractivity contribution in [3.05, 3.63) is 93.3 Å². The summed E-state index contributed by atoms with van der Waals surface area (Å²) in [6.45, 7) is 0. The maximum Gasteiger partial charge on any atom is 0.379 e. The second kappa shape index (κ2) is 8.41. The fourth-order valence-electron chi connectivity index (χ4n) is 3.27. The van der Waals surface area contributed by atoms with Gasteiger partial charge in [0.05, 0.1) is 10.0 Å². The van der Waals surface area contributed by atoms with Gasteiger partial charge in [0.15, 0.2) is 5.75 Å². The third-order valence-electron chi connectivity index (χ3n) is 4.90. The summed E-state index contributed by atoms with van der Waals surface area (Å²) in [7, 11) is 0. The van der Waals surface area contributed by atoms with Crippen molar-refractivity contribution >= 4 is 40.1 Å². The molecule has 0 bridgehead atoms. The normalized spacial score (nSPS) is 11.7. The Hall–Kier alpha value is -3.16. The molecule has 9 heteroatoms. The number of hydrogen-bond donors (Lipinski definition) is 2. The first-order valence-electron chi connectivity index (χ1n) is 9.28. The minimum atomic E-state index is -4.15. The predicted molar refractivity (Wildman–Crippen MR) is 116 cm³/mol. The Kier molecular flexibility index (Phi) is 5.79. The number of ether oxygens (including phenoxy) is 1. The van der Waals surface area contributed by atoms with E-state index in [1.165, 1.54) is 12.1 Å². The van der Waals surface area contributed by atoms with Crippen molar-refractivity contribution < 1.29 is 27.8 Å². The standard InChI is InChI=1S/C23H14Cl2F3NO3/c24-18-8-14(23(27,28)22(30)31)9-19(25)21(18)32-16-5-6-20-17(10-16)13(11-29-20)7-12-1-3-15(26)4-2-12/h1-6,8-11,29H,7H2,(H,30,31). The van der Waals surface area contributed by atoms with Crippen LogP contribution >= 0.6 is 23.2 Å². The van der Waals surface area contributed by atoms with Crippen LogP contribution in [0.15, 0.2) is 60.8 Å². The van der Waals surface area contributed by atoms with Gasteiger partial charge in [0.2, 0.25) is 0 Å². The zero-order chi connectivity index (χ0) is 23.0. The molecule has 0 unspecified atom stereocenters. The van der Waals surface area contributed by atoms with Gasteiger partial charge in [-0.15, -0.1) is 0 Å². The van der Waals surface area contributed by atoms with E-state index >= 15 is 0 Å². The van der Waals surface area contributed by atoms with Crippen LogP contribution in [-0.2, 0) is 17.1 Å². The number of aliphatic carboxylic acids is 1. The van der Waals surface area contributed by atoms with Crippen LogP contribution in [0.5, 0.6) is 11.5 Å². The lowest BCUT2D eigenvalue weighted by Crippen LogP contribution is -2.25. The Labute approximate surface area is 190 Å². The van der Waals surface area contributed by atoms with Gasteiger partial charge in [-0.25, -0.2) is 9.18 Å². The molecule has 4 aromatic rings. The molecule has 0 aliphatic heterocycles. The molecule has 1 heterocycles. The molecule has 0 spiro atoms. The predicted octanol–water partition coefficient (Wildman–Crippen LogP) is 7.17. The van der Waals surface area contributed by atoms with Gasteiger partial charge >= 0.3 is 11.9 Å². The number of halogens is 5. The number of hydrogen-bond acceptors (Lipinski definition) is 2. The summed E-state index contributed by atoms with van der Waals surface area (Å²) in [4.78, 5) is 14.0. The van der Waals surface area contributed by atoms with Crippen molar-refractivity contribution in [3.63, 3.8) is 0 Å². The lowest BCUT2D eigenvalue weighted by molar-refractivity contribution is -0.166. The van der Waals surface area contributed by atoms with E-state index in [2.05, 4.69) is 4.98 Å². The average Bonchev–Trinajstić information content (AvgIpc) is 3.14. The molecule has 0 fully saturated rings. The van der Waals surface area contributed by atoms with Crippen LogP contribution in [0.1, 0.15) is 16.7 Å². The van der Waals surface area contributed by atoms with Crippen LogP contribution in [-0.4, -0.2) is 16.1 Å². The van der Waals surface area contributed by atoms with Crippen molar-refractivity contribution in [3.8, 4) is 11.5 Å². The number of benzene rings is 3. The van der Waals surface area contributed by atoms with Gasteiger partial charge in [-0.2, -0.15) is 8.78 Å². The van der Waals surface area contributed by atoms with Gasteiger partial charge in [0.1, 0.15) is 11.6 Å². The van der Waals surface area contributed by atoms with E-state index in [-0.39, 0.29) is 21.6 Å². The molecule has 1 aromatic heterocycles. The van der Waals surface area contributed by atoms with E-state index in [1.807, 2.05) is 6.20 Å². The first-order valence-corrected chi connectivity index (χ1v) is 10.0. The molecule has 0 saturated heterocycles. The van der Waals surface area contributed by atoms with Gasteiger partial charge in [0.25, 0.3) is 0 Å². The minimum Gasteiger partial charge on any atom is -0.477 e. The van der Waals surface area contributed by atoms with Gasteiger partial charge in [-0.05, 0) is 60.0 Å². The van der Waals surface area contributed by atoms with Gasteiger partial charge in [-0.3, -0.25) is 0 Å². The molecule has 0 saturated carbocycles. The van der Waals surface area contributed by atoms with Crippen molar-refractivity contribution in [2.24, 2.45) is 0 Å². The number of aromatic amines is 1. The fourth-order valence-corrected chi connectivity index (χ4v) is 3.83. The molecular formula is C23H14Cl2F3NO3. The number of alkyl halides is 2. The molecular weight excluding hydrogens is 466 g/mol. The summed E-state index contributed by atoms with van der Waals surface area (Å²) in [6, 6.07) is 12.9. The third-order valence-corrected chi connectivity index (χ3v) is 5.46. The number of fused-ring (bicyclic) bond motifs is 1. The average molecular weight is 480 g/mol. The molecule has 4 rings (SSSR count). The zero-order valence-electron chi connectivity index (χ0n) is 16.1. The topological polar surface area (TPSA) is 62.3 Å². The molecule has 32 heavy (non-hydrogen) atoms. The van der Waals surface area contributed by atoms with Crippen LogP contribution < -0.4 is 4.74 Å². The largest absolute Gasteiger partial charge is 0.477 e. The van der Waals surface area contributed by atoms with E-state index in [0.717, 1.165) is 34.2 Å². The zero-order valence-corrected chi connectivity index (χ0v) is 17.6. The minimum absolute atomic E-state index is 0.0757. The maximum atomic E-state index is 13.8. The smallest absolute Gasteiger partial charge is 0.379 e. The Morgan fingerprint density at radius 3 is 2.31 bits per heavy atom. The number of H-pyrrole nitrogens is 1. The van der Waals surface area contributed by atoms with Crippen LogP contribution in [0.4, 0.5) is 13.2 Å². The van der Waals surface area contributed by atoms with Crippen LogP contribution in [0.25, 0.3) is 10.9 Å². The lowest BCUT2D eigenvalue weighted by atomic mass is 10.0. The highest BCUT2D eigenvalue weighted by atomic mass is 35.5. The molecule has 0 aliphatic carbocycles. The first kappa shape index (κ1) is 22.0. The first-order chi connectivity index (χ1) is 15.1. The van der Waals surface area contributed by atoms with Crippen LogP contribution in [0, 0.1) is 5.82 Å². The monoisotopic (exact) mass is 479 g/mol. The van der Waals surface area contributed by atoms with E-state index in [0.29, 0.717) is 12.2 Å². The highest BCUT2D eigenvalue weighted by Gasteiger charge is 2.42. The van der Waals surface area contributed by atoms with Crippen LogP contribution in [0.3, 0.4) is 0 Å². The Morgan fingerprint density at radius 2 is 1.69 bits per heavy atom. The lowest BCUT2D eigenvalue weighted by Gasteiger charge is -2.15. The molecule has 0 atom stereocenters. The summed E-state index contributed by atoms with van der Waals surface area (Å²) in [5.41, 5.74) is 1.84. The third kappa shape index (κ3) is 4.26. The van der Waals surface area contributed by atoms with E-state index in [9.17, 15) is 18.0 Å². The maximum absolute atomic E-state index is 13.8. The summed E-state index contributed by atoms with van der Waals surface area (Å²) in [5.74, 6) is -6.51. The van der Waals surface area contributed by atoms with Gasteiger partial charge in [0, 0.05) is 22.7 Å². The summed E-state index contributed by atoms with van der Waals surface area (Å²) >= 11 is 12.1. The summed E-state index contributed by atoms with van der Waals surface area (Å²) in [6.07, 6.45) is 2.38. The number of carboxylic acids is 1. The number of carboxylic acid groups (broad SMARTS) is 1. The number of aromatic nitrogens is 1. The SMILES string of the molecule is O=C(O)C(F)(F)c1cc(Cl)c(Oc2ccc3[nH]cc(Cc4ccc(F)cc4)c3c2)c(Cl)c1. The highest BCUT2D eigenvalue weighted by molar-refractivity contribution is 6.37. The highest BCUT2D eigenvalue weighted by Crippen LogP contribution is 2.42. The van der Waals surface area contributed by atoms with Crippen molar-refractivity contribution in [2.45, 2.75) is 12.3 Å². The number of carbonyl (C=O) groups is 1. The number of rotatable bonds is 6. The quantitative estimate of drug-likeness (QED) is 0.308. The van der Waals surface area contributed by atoms with Crippen molar-refractivity contribution in [2.75, 3.05) is 0 Å². The Bertz CT molecular complexity index is 1300. The van der Waals surface area contributed by atoms with E-state index in [1.54, 1.807) is 30.3 Å². The summed E-state index contributed by atoms with van der Waals surface area (Å²) < 4.78 is 46.5. The van der Waals surface area contributed by atoms with Gasteiger partial charge in [-0.1, -0.05) is 35.3 Å². The van der Waals surface area contributed by atoms with E-state index in [4.69, 9.17) is 33.0 Å². The Morgan fingerprint density at radius 1 is 1.03 bits per heavy atom. The van der Waals surface area contributed by atoms with Crippen molar-refractivity contribution in [1.82, 2.24) is 4.98 Å². The molecule has 3 aromatic carbocycles. The second-order valence-corrected chi connectivity index (χ2v) is 7.89. The molecule has 4 nitrogen and oxygen atoms in total. The Balaban J connectivity index is 1.65. The van der Waals surface area contributed by atoms with E-state index < -0.39 is 17.5 Å². The molecule has 164 valence electrons. The second-order valence-electron chi connectivity index (χ2n) is 7.08. The van der Waals surface area contributed by atoms with Crippen LogP contribution in [0.2, 0.25) is 10.0 Å². The molecule has 0 amide bonds. The molecule has 2 N–H and O–H groups in total. The summed E-state index contributed by atoms with van der Waals surface area (Å²) in [5, 5.41) is 9.05. The molecule has 0 radical (unpaired) electrons.